The van der Waals surface area contributed by atoms with E-state index in [0.717, 1.165) is 21.2 Å². The first-order chi connectivity index (χ1) is 15.1. The van der Waals surface area contributed by atoms with Gasteiger partial charge in [-0.15, -0.1) is 0 Å². The zero-order valence-electron chi connectivity index (χ0n) is 19.2. The van der Waals surface area contributed by atoms with Gasteiger partial charge in [0, 0.05) is 10.0 Å². The van der Waals surface area contributed by atoms with Crippen molar-refractivity contribution >= 4 is 34.0 Å². The predicted molar refractivity (Wildman–Crippen MR) is 139 cm³/mol. The molecule has 4 rings (SSSR count). The highest BCUT2D eigenvalue weighted by atomic mass is 35.5. The molecule has 1 nitrogen and oxygen atoms in total. The minimum Gasteiger partial charge on any atom is -0.368 e. The smallest absolute Gasteiger partial charge is 0.0812 e. The van der Waals surface area contributed by atoms with Gasteiger partial charge in [0.2, 0.25) is 0 Å². The lowest BCUT2D eigenvalue weighted by Gasteiger charge is -2.29. The molecule has 0 aromatic heterocycles. The fourth-order valence-electron chi connectivity index (χ4n) is 4.43. The predicted octanol–water partition coefficient (Wildman–Crippen LogP) is 9.67. The lowest BCUT2D eigenvalue weighted by atomic mass is 9.86. The minimum atomic E-state index is -0.240. The second kappa shape index (κ2) is 8.90. The Morgan fingerprint density at radius 3 is 1.81 bits per heavy atom. The highest BCUT2D eigenvalue weighted by Crippen LogP contribution is 2.41. The van der Waals surface area contributed by atoms with Crippen molar-refractivity contribution in [2.24, 2.45) is 0 Å². The van der Waals surface area contributed by atoms with Gasteiger partial charge in [-0.05, 0) is 109 Å². The Labute approximate surface area is 201 Å². The Morgan fingerprint density at radius 1 is 0.719 bits per heavy atom. The van der Waals surface area contributed by atoms with Crippen molar-refractivity contribution in [3.05, 3.63) is 94.0 Å². The van der Waals surface area contributed by atoms with E-state index < -0.39 is 0 Å². The molecule has 0 aliphatic rings. The monoisotopic (exact) mass is 462 g/mol. The van der Waals surface area contributed by atoms with E-state index in [-0.39, 0.29) is 11.7 Å². The Bertz CT molecular complexity index is 1250. The summed E-state index contributed by atoms with van der Waals surface area (Å²) in [5.41, 5.74) is 6.85. The molecule has 1 atom stereocenters. The molecule has 0 saturated carbocycles. The fraction of sp³-hybridized carbons (Fsp3) is 0.241. The van der Waals surface area contributed by atoms with Gasteiger partial charge in [-0.25, -0.2) is 0 Å². The third-order valence-corrected chi connectivity index (χ3v) is 6.14. The van der Waals surface area contributed by atoms with Crippen molar-refractivity contribution in [3.8, 4) is 22.3 Å². The summed E-state index contributed by atoms with van der Waals surface area (Å²) in [4.78, 5) is 0. The average molecular weight is 463 g/mol. The molecule has 0 spiro atoms. The molecule has 0 saturated heterocycles. The van der Waals surface area contributed by atoms with Crippen LogP contribution in [0.15, 0.2) is 72.8 Å². The Kier molecular flexibility index (Phi) is 6.36. The zero-order chi connectivity index (χ0) is 23.0. The van der Waals surface area contributed by atoms with Crippen LogP contribution in [0.25, 0.3) is 33.0 Å². The maximum absolute atomic E-state index is 6.41. The topological polar surface area (TPSA) is 9.23 Å². The first-order valence-corrected chi connectivity index (χ1v) is 11.6. The van der Waals surface area contributed by atoms with Crippen LogP contribution in [-0.4, -0.2) is 5.60 Å². The van der Waals surface area contributed by atoms with E-state index in [9.17, 15) is 0 Å². The average Bonchev–Trinajstić information content (AvgIpc) is 2.72. The van der Waals surface area contributed by atoms with Gasteiger partial charge in [-0.1, -0.05) is 65.7 Å². The molecule has 0 aliphatic carbocycles. The largest absolute Gasteiger partial charge is 0.368 e. The van der Waals surface area contributed by atoms with Crippen LogP contribution in [0.4, 0.5) is 0 Å². The highest BCUT2D eigenvalue weighted by molar-refractivity contribution is 6.31. The third-order valence-electron chi connectivity index (χ3n) is 5.63. The first-order valence-electron chi connectivity index (χ1n) is 10.9. The summed E-state index contributed by atoms with van der Waals surface area (Å²) < 4.78 is 6.41. The zero-order valence-corrected chi connectivity index (χ0v) is 20.7. The van der Waals surface area contributed by atoms with E-state index in [0.29, 0.717) is 0 Å². The lowest BCUT2D eigenvalue weighted by Crippen LogP contribution is -2.22. The van der Waals surface area contributed by atoms with Crippen molar-refractivity contribution in [1.82, 2.24) is 0 Å². The lowest BCUT2D eigenvalue weighted by molar-refractivity contribution is -0.0529. The Hall–Kier alpha value is -2.32. The van der Waals surface area contributed by atoms with Gasteiger partial charge in [0.05, 0.1) is 11.7 Å². The quantitative estimate of drug-likeness (QED) is 0.293. The summed E-state index contributed by atoms with van der Waals surface area (Å²) >= 11 is 12.3. The van der Waals surface area contributed by atoms with E-state index in [1.165, 1.54) is 33.0 Å². The van der Waals surface area contributed by atoms with E-state index in [2.05, 4.69) is 83.1 Å². The maximum atomic E-state index is 6.41. The molecular formula is C29H28Cl2O. The number of hydrogen-bond acceptors (Lipinski definition) is 1. The standard InChI is InChI=1S/C29H28Cl2O/c1-18-16-23-17-22(20-6-11-24(30)12-7-20)10-15-26(23)28(21-8-13-25(31)14-9-21)27(18)19(2)32-29(3,4)5/h6-17,19H,1-5H3. The molecule has 0 fully saturated rings. The van der Waals surface area contributed by atoms with Gasteiger partial charge in [-0.3, -0.25) is 0 Å². The summed E-state index contributed by atoms with van der Waals surface area (Å²) in [5.74, 6) is 0. The first kappa shape index (κ1) is 22.9. The molecule has 1 unspecified atom stereocenters. The number of halogens is 2. The molecule has 0 N–H and O–H groups in total. The number of fused-ring (bicyclic) bond motifs is 1. The summed E-state index contributed by atoms with van der Waals surface area (Å²) in [6, 6.07) is 25.0. The molecular weight excluding hydrogens is 435 g/mol. The molecule has 164 valence electrons. The van der Waals surface area contributed by atoms with Crippen LogP contribution >= 0.6 is 23.2 Å². The fourth-order valence-corrected chi connectivity index (χ4v) is 4.68. The van der Waals surface area contributed by atoms with Gasteiger partial charge in [0.15, 0.2) is 0 Å². The molecule has 0 radical (unpaired) electrons. The molecule has 4 aromatic carbocycles. The summed E-state index contributed by atoms with van der Waals surface area (Å²) in [6.07, 6.45) is -0.0546. The van der Waals surface area contributed by atoms with E-state index in [1.54, 1.807) is 0 Å². The second-order valence-electron chi connectivity index (χ2n) is 9.30. The van der Waals surface area contributed by atoms with E-state index in [1.807, 2.05) is 24.3 Å². The van der Waals surface area contributed by atoms with Crippen LogP contribution in [0.5, 0.6) is 0 Å². The summed E-state index contributed by atoms with van der Waals surface area (Å²) in [7, 11) is 0. The minimum absolute atomic E-state index is 0.0546. The van der Waals surface area contributed by atoms with Gasteiger partial charge in [0.25, 0.3) is 0 Å². The van der Waals surface area contributed by atoms with Gasteiger partial charge >= 0.3 is 0 Å². The van der Waals surface area contributed by atoms with Crippen LogP contribution in [-0.2, 0) is 4.74 Å². The summed E-state index contributed by atoms with van der Waals surface area (Å²) in [6.45, 7) is 10.6. The van der Waals surface area contributed by atoms with Gasteiger partial charge in [-0.2, -0.15) is 0 Å². The van der Waals surface area contributed by atoms with Crippen molar-refractivity contribution < 1.29 is 4.74 Å². The van der Waals surface area contributed by atoms with Crippen LogP contribution in [0, 0.1) is 6.92 Å². The van der Waals surface area contributed by atoms with Crippen LogP contribution in [0.2, 0.25) is 10.0 Å². The number of hydrogen-bond donors (Lipinski definition) is 0. The number of ether oxygens (including phenoxy) is 1. The van der Waals surface area contributed by atoms with Gasteiger partial charge < -0.3 is 4.74 Å². The SMILES string of the molecule is Cc1cc2cc(-c3ccc(Cl)cc3)ccc2c(-c2ccc(Cl)cc2)c1C(C)OC(C)(C)C. The normalized spacial score (nSPS) is 12.8. The molecule has 3 heteroatoms. The molecule has 4 aromatic rings. The van der Waals surface area contributed by atoms with Crippen molar-refractivity contribution in [2.75, 3.05) is 0 Å². The number of aryl methyl sites for hydroxylation is 1. The molecule has 32 heavy (non-hydrogen) atoms. The maximum Gasteiger partial charge on any atom is 0.0812 e. The highest BCUT2D eigenvalue weighted by Gasteiger charge is 2.23. The molecule has 0 aliphatic heterocycles. The number of benzene rings is 4. The summed E-state index contributed by atoms with van der Waals surface area (Å²) in [5, 5.41) is 3.88. The van der Waals surface area contributed by atoms with Crippen molar-refractivity contribution in [3.63, 3.8) is 0 Å². The molecule has 0 amide bonds. The van der Waals surface area contributed by atoms with E-state index in [4.69, 9.17) is 27.9 Å². The van der Waals surface area contributed by atoms with Crippen LogP contribution in [0.3, 0.4) is 0 Å². The van der Waals surface area contributed by atoms with E-state index >= 15 is 0 Å². The Balaban J connectivity index is 1.95. The van der Waals surface area contributed by atoms with Crippen LogP contribution in [0.1, 0.15) is 44.9 Å². The Morgan fingerprint density at radius 2 is 1.25 bits per heavy atom. The van der Waals surface area contributed by atoms with Crippen molar-refractivity contribution in [1.29, 1.82) is 0 Å². The van der Waals surface area contributed by atoms with Crippen LogP contribution < -0.4 is 0 Å². The molecule has 0 bridgehead atoms. The second-order valence-corrected chi connectivity index (χ2v) is 10.2. The molecule has 0 heterocycles. The van der Waals surface area contributed by atoms with Crippen molar-refractivity contribution in [2.45, 2.75) is 46.3 Å². The van der Waals surface area contributed by atoms with Gasteiger partial charge in [0.1, 0.15) is 0 Å². The number of rotatable bonds is 4. The third kappa shape index (κ3) is 4.86.